The summed E-state index contributed by atoms with van der Waals surface area (Å²) < 4.78 is 5.33. The Kier molecular flexibility index (Phi) is 5.08. The van der Waals surface area contributed by atoms with Crippen LogP contribution in [0, 0.1) is 5.92 Å². The highest BCUT2D eigenvalue weighted by atomic mass is 32.1. The Hall–Kier alpha value is -3.17. The molecule has 0 radical (unpaired) electrons. The molecule has 1 fully saturated rings. The van der Waals surface area contributed by atoms with Gasteiger partial charge in [0, 0.05) is 0 Å². The van der Waals surface area contributed by atoms with Gasteiger partial charge in [0.1, 0.15) is 11.4 Å². The number of methoxy groups -OCH3 is 1. The van der Waals surface area contributed by atoms with E-state index in [0.717, 1.165) is 0 Å². The minimum atomic E-state index is -1.20. The van der Waals surface area contributed by atoms with Gasteiger partial charge >= 0.3 is 5.97 Å². The Morgan fingerprint density at radius 2 is 2.10 bits per heavy atom. The van der Waals surface area contributed by atoms with Gasteiger partial charge in [-0.1, -0.05) is 12.1 Å². The van der Waals surface area contributed by atoms with Gasteiger partial charge in [0.25, 0.3) is 5.91 Å². The largest absolute Gasteiger partial charge is 0.495 e. The molecule has 0 saturated carbocycles. The van der Waals surface area contributed by atoms with Crippen molar-refractivity contribution in [1.82, 2.24) is 4.90 Å². The molecule has 2 aliphatic heterocycles. The molecule has 0 spiro atoms. The van der Waals surface area contributed by atoms with Crippen molar-refractivity contribution in [2.75, 3.05) is 12.4 Å². The monoisotopic (exact) mass is 428 g/mol. The van der Waals surface area contributed by atoms with E-state index in [-0.39, 0.29) is 23.6 Å². The van der Waals surface area contributed by atoms with Crippen molar-refractivity contribution in [3.8, 4) is 5.75 Å². The van der Waals surface area contributed by atoms with Crippen LogP contribution in [0.25, 0.3) is 5.57 Å². The van der Waals surface area contributed by atoms with Gasteiger partial charge in [0.15, 0.2) is 0 Å². The summed E-state index contributed by atoms with van der Waals surface area (Å²) in [6.45, 7) is 1.53. The maximum Gasteiger partial charge on any atom is 0.352 e. The molecule has 0 aliphatic carbocycles. The number of aliphatic carboxylic acids is 1. The second-order valence-electron chi connectivity index (χ2n) is 7.22. The van der Waals surface area contributed by atoms with Crippen LogP contribution in [0.3, 0.4) is 0 Å². The number of β-lactam (4-membered cyclic amide) rings is 1. The summed E-state index contributed by atoms with van der Waals surface area (Å²) in [5.41, 5.74) is 1.38. The minimum Gasteiger partial charge on any atom is -0.495 e. The van der Waals surface area contributed by atoms with E-state index in [4.69, 9.17) is 4.74 Å². The zero-order valence-electron chi connectivity index (χ0n) is 16.3. The molecular formula is C21H20N2O6S. The molecular weight excluding hydrogens is 408 g/mol. The lowest BCUT2D eigenvalue weighted by Crippen LogP contribution is -2.61. The number of ether oxygens (including phenoxy) is 1. The highest BCUT2D eigenvalue weighted by molar-refractivity contribution is 7.12. The molecule has 0 bridgehead atoms. The standard InChI is InChI=1S/C21H20N2O6S/c1-10(24)17-14-9-12(18(21(27)28)23(14)20(17)26)11-5-6-15(29-2)13(8-11)22-19(25)16-4-3-7-30-16/h3-8,10,14,17,24H,9H2,1-2H3,(H,22,25)(H,27,28)/t10-,14-,17-/m1/s1. The van der Waals surface area contributed by atoms with Crippen LogP contribution < -0.4 is 10.1 Å². The van der Waals surface area contributed by atoms with Gasteiger partial charge in [0.2, 0.25) is 5.91 Å². The first-order valence-electron chi connectivity index (χ1n) is 9.34. The summed E-state index contributed by atoms with van der Waals surface area (Å²) in [6.07, 6.45) is -0.544. The number of hydrogen-bond donors (Lipinski definition) is 3. The average molecular weight is 428 g/mol. The first-order valence-corrected chi connectivity index (χ1v) is 10.2. The van der Waals surface area contributed by atoms with E-state index in [1.165, 1.54) is 30.3 Å². The van der Waals surface area contributed by atoms with Crippen LogP contribution >= 0.6 is 11.3 Å². The molecule has 2 amide bonds. The fourth-order valence-corrected chi connectivity index (χ4v) is 4.73. The topological polar surface area (TPSA) is 116 Å². The normalized spacial score (nSPS) is 21.2. The molecule has 2 aromatic rings. The molecule has 0 unspecified atom stereocenters. The SMILES string of the molecule is COc1ccc(C2=C(C(=O)O)N3C(=O)[C@H]([C@@H](C)O)[C@H]3C2)cc1NC(=O)c1cccs1. The van der Waals surface area contributed by atoms with Crippen LogP contribution in [-0.2, 0) is 9.59 Å². The number of carbonyl (C=O) groups is 3. The Morgan fingerprint density at radius 3 is 2.70 bits per heavy atom. The van der Waals surface area contributed by atoms with Crippen LogP contribution in [0.1, 0.15) is 28.6 Å². The molecule has 3 N–H and O–H groups in total. The molecule has 2 aliphatic rings. The van der Waals surface area contributed by atoms with Gasteiger partial charge < -0.3 is 25.2 Å². The lowest BCUT2D eigenvalue weighted by molar-refractivity contribution is -0.161. The van der Waals surface area contributed by atoms with E-state index in [1.807, 2.05) is 0 Å². The van der Waals surface area contributed by atoms with Crippen LogP contribution in [0.15, 0.2) is 41.4 Å². The highest BCUT2D eigenvalue weighted by Crippen LogP contribution is 2.47. The van der Waals surface area contributed by atoms with E-state index in [1.54, 1.807) is 35.7 Å². The van der Waals surface area contributed by atoms with Gasteiger partial charge in [-0.05, 0) is 48.1 Å². The van der Waals surface area contributed by atoms with E-state index in [0.29, 0.717) is 33.9 Å². The summed E-state index contributed by atoms with van der Waals surface area (Å²) in [6, 6.07) is 8.09. The lowest BCUT2D eigenvalue weighted by Gasteiger charge is -2.44. The van der Waals surface area contributed by atoms with Gasteiger partial charge in [-0.3, -0.25) is 9.59 Å². The van der Waals surface area contributed by atoms with E-state index < -0.39 is 18.0 Å². The zero-order valence-corrected chi connectivity index (χ0v) is 17.1. The van der Waals surface area contributed by atoms with Crippen LogP contribution in [0.5, 0.6) is 5.75 Å². The first kappa shape index (κ1) is 20.1. The molecule has 9 heteroatoms. The number of hydrogen-bond acceptors (Lipinski definition) is 6. The van der Waals surface area contributed by atoms with Gasteiger partial charge in [-0.25, -0.2) is 4.79 Å². The number of nitrogens with zero attached hydrogens (tertiary/aromatic N) is 1. The lowest BCUT2D eigenvalue weighted by atomic mass is 9.82. The number of carboxylic acids is 1. The smallest absolute Gasteiger partial charge is 0.352 e. The first-order chi connectivity index (χ1) is 14.3. The second kappa shape index (κ2) is 7.58. The summed E-state index contributed by atoms with van der Waals surface area (Å²) >= 11 is 1.30. The number of benzene rings is 1. The summed E-state index contributed by atoms with van der Waals surface area (Å²) in [4.78, 5) is 38.6. The number of aliphatic hydroxyl groups is 1. The van der Waals surface area contributed by atoms with E-state index in [9.17, 15) is 24.6 Å². The van der Waals surface area contributed by atoms with Crippen LogP contribution in [0.2, 0.25) is 0 Å². The van der Waals surface area contributed by atoms with Crippen LogP contribution in [0.4, 0.5) is 5.69 Å². The van der Waals surface area contributed by atoms with Gasteiger partial charge in [0.05, 0.1) is 35.7 Å². The summed E-state index contributed by atoms with van der Waals surface area (Å²) in [5.74, 6) is -2.08. The molecule has 1 aromatic carbocycles. The molecule has 1 saturated heterocycles. The fourth-order valence-electron chi connectivity index (χ4n) is 4.11. The number of rotatable bonds is 6. The molecule has 8 nitrogen and oxygen atoms in total. The number of anilines is 1. The number of nitrogens with one attached hydrogen (secondary N) is 1. The third-order valence-corrected chi connectivity index (χ3v) is 6.34. The molecule has 156 valence electrons. The summed E-state index contributed by atoms with van der Waals surface area (Å²) in [5, 5.41) is 24.2. The average Bonchev–Trinajstić information content (AvgIpc) is 3.34. The molecule has 3 heterocycles. The van der Waals surface area contributed by atoms with Crippen molar-refractivity contribution in [3.05, 3.63) is 51.8 Å². The van der Waals surface area contributed by atoms with Gasteiger partial charge in [-0.2, -0.15) is 0 Å². The Morgan fingerprint density at radius 1 is 1.33 bits per heavy atom. The van der Waals surface area contributed by atoms with E-state index in [2.05, 4.69) is 5.32 Å². The molecule has 4 rings (SSSR count). The predicted molar refractivity (Wildman–Crippen MR) is 110 cm³/mol. The quantitative estimate of drug-likeness (QED) is 0.609. The number of fused-ring (bicyclic) bond motifs is 1. The third kappa shape index (κ3) is 3.16. The third-order valence-electron chi connectivity index (χ3n) is 5.47. The number of thiophene rings is 1. The predicted octanol–water partition coefficient (Wildman–Crippen LogP) is 2.42. The molecule has 1 aromatic heterocycles. The molecule has 3 atom stereocenters. The minimum absolute atomic E-state index is 0.0809. The highest BCUT2D eigenvalue weighted by Gasteiger charge is 2.56. The maximum atomic E-state index is 12.5. The van der Waals surface area contributed by atoms with Crippen molar-refractivity contribution < 1.29 is 29.3 Å². The Bertz CT molecular complexity index is 1060. The number of amides is 2. The van der Waals surface area contributed by atoms with Crippen molar-refractivity contribution >= 4 is 40.4 Å². The Labute approximate surface area is 176 Å². The van der Waals surface area contributed by atoms with Crippen LogP contribution in [-0.4, -0.2) is 52.2 Å². The second-order valence-corrected chi connectivity index (χ2v) is 8.17. The zero-order chi connectivity index (χ0) is 21.6. The van der Waals surface area contributed by atoms with Gasteiger partial charge in [-0.15, -0.1) is 11.3 Å². The number of carbonyl (C=O) groups excluding carboxylic acids is 2. The van der Waals surface area contributed by atoms with Crippen molar-refractivity contribution in [2.24, 2.45) is 5.92 Å². The molecule has 30 heavy (non-hydrogen) atoms. The fraction of sp³-hybridized carbons (Fsp3) is 0.286. The number of carboxylic acid groups (broad SMARTS) is 1. The maximum absolute atomic E-state index is 12.5. The van der Waals surface area contributed by atoms with Crippen molar-refractivity contribution in [2.45, 2.75) is 25.5 Å². The number of aliphatic hydroxyl groups excluding tert-OH is 1. The Balaban J connectivity index is 1.71. The van der Waals surface area contributed by atoms with E-state index >= 15 is 0 Å². The summed E-state index contributed by atoms with van der Waals surface area (Å²) in [7, 11) is 1.48. The van der Waals surface area contributed by atoms with Crippen molar-refractivity contribution in [1.29, 1.82) is 0 Å². The van der Waals surface area contributed by atoms with Crippen molar-refractivity contribution in [3.63, 3.8) is 0 Å².